The summed E-state index contributed by atoms with van der Waals surface area (Å²) in [5, 5.41) is 8.11. The van der Waals surface area contributed by atoms with E-state index in [9.17, 15) is 0 Å². The second kappa shape index (κ2) is 7.14. The number of nitrogens with zero attached hydrogens (tertiary/aromatic N) is 2. The first-order valence-electron chi connectivity index (χ1n) is 7.01. The van der Waals surface area contributed by atoms with Gasteiger partial charge >= 0.3 is 0 Å². The van der Waals surface area contributed by atoms with Crippen LogP contribution in [0.15, 0.2) is 4.52 Å². The lowest BCUT2D eigenvalue weighted by Gasteiger charge is -2.13. The molecule has 0 amide bonds. The SMILES string of the molecule is CCCNC(CC)Cc1nc(C2CCCS2)no1. The Kier molecular flexibility index (Phi) is 5.50. The number of aromatic nitrogens is 2. The Morgan fingerprint density at radius 1 is 1.50 bits per heavy atom. The van der Waals surface area contributed by atoms with Crippen molar-refractivity contribution in [2.24, 2.45) is 0 Å². The lowest BCUT2D eigenvalue weighted by molar-refractivity contribution is 0.350. The van der Waals surface area contributed by atoms with E-state index in [4.69, 9.17) is 4.52 Å². The Balaban J connectivity index is 1.88. The molecule has 1 aromatic heterocycles. The van der Waals surface area contributed by atoms with E-state index in [1.165, 1.54) is 18.6 Å². The van der Waals surface area contributed by atoms with Crippen LogP contribution in [0.25, 0.3) is 0 Å². The third kappa shape index (κ3) is 3.72. The zero-order chi connectivity index (χ0) is 12.8. The van der Waals surface area contributed by atoms with Gasteiger partial charge in [0.1, 0.15) is 0 Å². The van der Waals surface area contributed by atoms with Gasteiger partial charge in [-0.3, -0.25) is 0 Å². The van der Waals surface area contributed by atoms with Crippen molar-refractivity contribution in [3.05, 3.63) is 11.7 Å². The second-order valence-electron chi connectivity index (χ2n) is 4.81. The highest BCUT2D eigenvalue weighted by Crippen LogP contribution is 2.38. The molecule has 0 spiro atoms. The summed E-state index contributed by atoms with van der Waals surface area (Å²) in [5.41, 5.74) is 0. The van der Waals surface area contributed by atoms with Gasteiger partial charge in [0.2, 0.25) is 5.89 Å². The van der Waals surface area contributed by atoms with Crippen molar-refractivity contribution in [1.29, 1.82) is 0 Å². The van der Waals surface area contributed by atoms with Crippen LogP contribution in [0, 0.1) is 0 Å². The van der Waals surface area contributed by atoms with Crippen LogP contribution in [0.2, 0.25) is 0 Å². The van der Waals surface area contributed by atoms with E-state index >= 15 is 0 Å². The van der Waals surface area contributed by atoms with E-state index in [-0.39, 0.29) is 0 Å². The fraction of sp³-hybridized carbons (Fsp3) is 0.846. The van der Waals surface area contributed by atoms with Gasteiger partial charge in [-0.05, 0) is 38.0 Å². The monoisotopic (exact) mass is 269 g/mol. The Bertz CT molecular complexity index is 350. The van der Waals surface area contributed by atoms with E-state index < -0.39 is 0 Å². The number of thioether (sulfide) groups is 1. The molecule has 5 heteroatoms. The van der Waals surface area contributed by atoms with E-state index in [0.717, 1.165) is 37.5 Å². The quantitative estimate of drug-likeness (QED) is 0.824. The molecule has 2 unspecified atom stereocenters. The Morgan fingerprint density at radius 3 is 3.06 bits per heavy atom. The highest BCUT2D eigenvalue weighted by atomic mass is 32.2. The maximum Gasteiger partial charge on any atom is 0.228 e. The molecule has 1 aliphatic heterocycles. The molecule has 0 saturated carbocycles. The van der Waals surface area contributed by atoms with Gasteiger partial charge in [-0.2, -0.15) is 16.7 Å². The lowest BCUT2D eigenvalue weighted by atomic mass is 10.1. The number of rotatable bonds is 7. The van der Waals surface area contributed by atoms with Crippen molar-refractivity contribution in [2.45, 2.75) is 57.2 Å². The predicted molar refractivity (Wildman–Crippen MR) is 74.8 cm³/mol. The Morgan fingerprint density at radius 2 is 2.39 bits per heavy atom. The van der Waals surface area contributed by atoms with Gasteiger partial charge in [-0.15, -0.1) is 0 Å². The third-order valence-electron chi connectivity index (χ3n) is 3.30. The maximum atomic E-state index is 5.37. The molecule has 0 aliphatic carbocycles. The number of hydrogen-bond acceptors (Lipinski definition) is 5. The molecule has 1 fully saturated rings. The first kappa shape index (κ1) is 13.9. The van der Waals surface area contributed by atoms with E-state index in [0.29, 0.717) is 11.3 Å². The zero-order valence-corrected chi connectivity index (χ0v) is 12.1. The molecule has 1 N–H and O–H groups in total. The topological polar surface area (TPSA) is 51.0 Å². The molecule has 1 aliphatic rings. The minimum Gasteiger partial charge on any atom is -0.339 e. The van der Waals surface area contributed by atoms with Crippen molar-refractivity contribution in [3.63, 3.8) is 0 Å². The Hall–Kier alpha value is -0.550. The maximum absolute atomic E-state index is 5.37. The van der Waals surface area contributed by atoms with Gasteiger partial charge < -0.3 is 9.84 Å². The predicted octanol–water partition coefficient (Wildman–Crippen LogP) is 2.96. The Labute approximate surface area is 113 Å². The van der Waals surface area contributed by atoms with Crippen LogP contribution in [0.5, 0.6) is 0 Å². The molecular formula is C13H23N3OS. The van der Waals surface area contributed by atoms with E-state index in [1.807, 2.05) is 11.8 Å². The summed E-state index contributed by atoms with van der Waals surface area (Å²) in [6.07, 6.45) is 5.56. The van der Waals surface area contributed by atoms with Gasteiger partial charge in [-0.25, -0.2) is 0 Å². The molecule has 102 valence electrons. The summed E-state index contributed by atoms with van der Waals surface area (Å²) in [6.45, 7) is 5.43. The fourth-order valence-corrected chi connectivity index (χ4v) is 3.38. The van der Waals surface area contributed by atoms with Gasteiger partial charge in [0.15, 0.2) is 5.82 Å². The molecule has 2 heterocycles. The molecule has 18 heavy (non-hydrogen) atoms. The first-order valence-corrected chi connectivity index (χ1v) is 8.05. The molecule has 1 aromatic rings. The molecule has 0 radical (unpaired) electrons. The van der Waals surface area contributed by atoms with Crippen molar-refractivity contribution in [2.75, 3.05) is 12.3 Å². The molecule has 0 aromatic carbocycles. The van der Waals surface area contributed by atoms with Crippen LogP contribution in [0.3, 0.4) is 0 Å². The summed E-state index contributed by atoms with van der Waals surface area (Å²) in [6, 6.07) is 0.453. The summed E-state index contributed by atoms with van der Waals surface area (Å²) in [4.78, 5) is 4.55. The minimum absolute atomic E-state index is 0.453. The average Bonchev–Trinajstić information content (AvgIpc) is 3.04. The zero-order valence-electron chi connectivity index (χ0n) is 11.3. The minimum atomic E-state index is 0.453. The van der Waals surface area contributed by atoms with Crippen LogP contribution in [0.1, 0.15) is 56.5 Å². The second-order valence-corrected chi connectivity index (χ2v) is 6.12. The third-order valence-corrected chi connectivity index (χ3v) is 4.67. The largest absolute Gasteiger partial charge is 0.339 e. The average molecular weight is 269 g/mol. The highest BCUT2D eigenvalue weighted by molar-refractivity contribution is 7.99. The molecule has 4 nitrogen and oxygen atoms in total. The van der Waals surface area contributed by atoms with Crippen molar-refractivity contribution < 1.29 is 4.52 Å². The van der Waals surface area contributed by atoms with Gasteiger partial charge in [0, 0.05) is 12.5 Å². The normalized spacial score (nSPS) is 21.3. The van der Waals surface area contributed by atoms with Crippen LogP contribution in [0.4, 0.5) is 0 Å². The molecule has 1 saturated heterocycles. The van der Waals surface area contributed by atoms with E-state index in [1.54, 1.807) is 0 Å². The van der Waals surface area contributed by atoms with Crippen molar-refractivity contribution in [1.82, 2.24) is 15.5 Å². The highest BCUT2D eigenvalue weighted by Gasteiger charge is 2.23. The molecule has 2 rings (SSSR count). The number of hydrogen-bond donors (Lipinski definition) is 1. The fourth-order valence-electron chi connectivity index (χ4n) is 2.18. The van der Waals surface area contributed by atoms with E-state index in [2.05, 4.69) is 29.3 Å². The van der Waals surface area contributed by atoms with Crippen molar-refractivity contribution in [3.8, 4) is 0 Å². The summed E-state index contributed by atoms with van der Waals surface area (Å²) < 4.78 is 5.37. The summed E-state index contributed by atoms with van der Waals surface area (Å²) in [5.74, 6) is 2.91. The van der Waals surface area contributed by atoms with Gasteiger partial charge in [-0.1, -0.05) is 19.0 Å². The van der Waals surface area contributed by atoms with Crippen molar-refractivity contribution >= 4 is 11.8 Å². The van der Waals surface area contributed by atoms with Gasteiger partial charge in [0.05, 0.1) is 5.25 Å². The van der Waals surface area contributed by atoms with Crippen LogP contribution in [-0.2, 0) is 6.42 Å². The summed E-state index contributed by atoms with van der Waals surface area (Å²) in [7, 11) is 0. The van der Waals surface area contributed by atoms with Crippen LogP contribution < -0.4 is 5.32 Å². The summed E-state index contributed by atoms with van der Waals surface area (Å²) >= 11 is 1.95. The first-order chi connectivity index (χ1) is 8.83. The standard InChI is InChI=1S/C13H23N3OS/c1-3-7-14-10(4-2)9-12-15-13(16-17-12)11-6-5-8-18-11/h10-11,14H,3-9H2,1-2H3. The van der Waals surface area contributed by atoms with Crippen LogP contribution in [-0.4, -0.2) is 28.5 Å². The van der Waals surface area contributed by atoms with Crippen LogP contribution >= 0.6 is 11.8 Å². The molecule has 2 atom stereocenters. The molecule has 0 bridgehead atoms. The smallest absolute Gasteiger partial charge is 0.228 e. The number of nitrogens with one attached hydrogen (secondary N) is 1. The van der Waals surface area contributed by atoms with Gasteiger partial charge in [0.25, 0.3) is 0 Å². The lowest BCUT2D eigenvalue weighted by Crippen LogP contribution is -2.31. The molecular weight excluding hydrogens is 246 g/mol.